The van der Waals surface area contributed by atoms with Crippen molar-refractivity contribution in [3.63, 3.8) is 0 Å². The molecule has 34 heavy (non-hydrogen) atoms. The predicted octanol–water partition coefficient (Wildman–Crippen LogP) is 4.53. The number of ether oxygens (including phenoxy) is 1. The van der Waals surface area contributed by atoms with Crippen LogP contribution in [0.1, 0.15) is 42.8 Å². The Bertz CT molecular complexity index is 1210. The zero-order valence-electron chi connectivity index (χ0n) is 19.9. The van der Waals surface area contributed by atoms with Gasteiger partial charge in [0.2, 0.25) is 5.43 Å². The number of rotatable bonds is 11. The minimum atomic E-state index is -0.717. The quantitative estimate of drug-likeness (QED) is 0.277. The van der Waals surface area contributed by atoms with Gasteiger partial charge in [0.15, 0.2) is 0 Å². The third-order valence-electron chi connectivity index (χ3n) is 5.43. The Hall–Kier alpha value is -1.85. The normalized spacial score (nSPS) is 13.2. The molecule has 0 aliphatic carbocycles. The number of hydrogen-bond donors (Lipinski definition) is 2. The second-order valence-corrected chi connectivity index (χ2v) is 10.8. The highest BCUT2D eigenvalue weighted by Gasteiger charge is 2.25. The Kier molecular flexibility index (Phi) is 9.61. The third-order valence-corrected chi connectivity index (χ3v) is 7.70. The molecule has 0 radical (unpaired) electrons. The summed E-state index contributed by atoms with van der Waals surface area (Å²) in [6.07, 6.45) is 5.70. The van der Waals surface area contributed by atoms with Crippen LogP contribution in [0.4, 0.5) is 0 Å². The van der Waals surface area contributed by atoms with Crippen LogP contribution in [-0.2, 0) is 11.2 Å². The van der Waals surface area contributed by atoms with Crippen molar-refractivity contribution in [2.45, 2.75) is 45.2 Å². The fourth-order valence-electron chi connectivity index (χ4n) is 3.51. The number of carbonyl (C=O) groups excluding carboxylic acids is 1. The molecule has 1 aromatic carbocycles. The van der Waals surface area contributed by atoms with Crippen molar-refractivity contribution < 1.29 is 13.9 Å². The standard InChI is InChI=1S/C24H31N3O4S3/c1-5-14-10-15-19(11-18(14)31-24(29)17(26)7-9-33-4)30-22(16(25)6-8-32-3)20(21(15)28)23-27-13(2)12-34-23/h10-12,16-17H,5-9,25-26H2,1-4H3/t16-,17-/m1/s1. The van der Waals surface area contributed by atoms with Crippen LogP contribution < -0.4 is 21.6 Å². The van der Waals surface area contributed by atoms with Crippen LogP contribution in [0.15, 0.2) is 26.7 Å². The van der Waals surface area contributed by atoms with Gasteiger partial charge in [0.1, 0.15) is 28.1 Å². The first kappa shape index (κ1) is 26.7. The fourth-order valence-corrected chi connectivity index (χ4v) is 5.33. The van der Waals surface area contributed by atoms with Crippen LogP contribution in [0.2, 0.25) is 0 Å². The van der Waals surface area contributed by atoms with Gasteiger partial charge >= 0.3 is 5.97 Å². The van der Waals surface area contributed by atoms with Crippen molar-refractivity contribution in [1.29, 1.82) is 0 Å². The molecule has 0 aliphatic rings. The summed E-state index contributed by atoms with van der Waals surface area (Å²) in [5.41, 5.74) is 14.6. The summed E-state index contributed by atoms with van der Waals surface area (Å²) < 4.78 is 11.9. The molecule has 0 aliphatic heterocycles. The van der Waals surface area contributed by atoms with Gasteiger partial charge in [0.05, 0.1) is 17.0 Å². The van der Waals surface area contributed by atoms with Crippen LogP contribution in [-0.4, -0.2) is 41.0 Å². The average molecular weight is 522 g/mol. The average Bonchev–Trinajstić information content (AvgIpc) is 3.25. The molecule has 4 N–H and O–H groups in total. The maximum Gasteiger partial charge on any atom is 0.328 e. The van der Waals surface area contributed by atoms with Crippen molar-refractivity contribution in [1.82, 2.24) is 4.98 Å². The molecule has 0 bridgehead atoms. The number of thiazole rings is 1. The Morgan fingerprint density at radius 3 is 2.53 bits per heavy atom. The largest absolute Gasteiger partial charge is 0.458 e. The van der Waals surface area contributed by atoms with E-state index in [0.29, 0.717) is 52.3 Å². The Balaban J connectivity index is 2.14. The topological polar surface area (TPSA) is 121 Å². The Labute approximate surface area is 212 Å². The maximum atomic E-state index is 13.7. The van der Waals surface area contributed by atoms with E-state index in [0.717, 1.165) is 22.8 Å². The van der Waals surface area contributed by atoms with Crippen LogP contribution in [0.25, 0.3) is 21.5 Å². The number of fused-ring (bicyclic) bond motifs is 1. The molecule has 0 saturated carbocycles. The molecule has 0 fully saturated rings. The fraction of sp³-hybridized carbons (Fsp3) is 0.458. The minimum Gasteiger partial charge on any atom is -0.458 e. The minimum absolute atomic E-state index is 0.186. The summed E-state index contributed by atoms with van der Waals surface area (Å²) in [5.74, 6) is 1.84. The van der Waals surface area contributed by atoms with E-state index in [4.69, 9.17) is 20.6 Å². The monoisotopic (exact) mass is 521 g/mol. The van der Waals surface area contributed by atoms with Gasteiger partial charge in [-0.2, -0.15) is 23.5 Å². The number of hydrogen-bond acceptors (Lipinski definition) is 10. The van der Waals surface area contributed by atoms with E-state index in [9.17, 15) is 9.59 Å². The summed E-state index contributed by atoms with van der Waals surface area (Å²) in [6.45, 7) is 3.82. The summed E-state index contributed by atoms with van der Waals surface area (Å²) in [4.78, 5) is 30.8. The molecule has 2 atom stereocenters. The highest BCUT2D eigenvalue weighted by molar-refractivity contribution is 7.98. The molecule has 7 nitrogen and oxygen atoms in total. The first-order valence-corrected chi connectivity index (χ1v) is 14.7. The van der Waals surface area contributed by atoms with Gasteiger partial charge < -0.3 is 20.6 Å². The maximum absolute atomic E-state index is 13.7. The van der Waals surface area contributed by atoms with Crippen molar-refractivity contribution >= 4 is 51.8 Å². The molecule has 0 spiro atoms. The van der Waals surface area contributed by atoms with Gasteiger partial charge in [0, 0.05) is 17.1 Å². The molecule has 184 valence electrons. The molecular formula is C24H31N3O4S3. The molecule has 3 rings (SSSR count). The van der Waals surface area contributed by atoms with Crippen molar-refractivity contribution in [3.05, 3.63) is 44.8 Å². The van der Waals surface area contributed by atoms with Crippen LogP contribution in [0, 0.1) is 6.92 Å². The second-order valence-electron chi connectivity index (χ2n) is 7.97. The van der Waals surface area contributed by atoms with Crippen molar-refractivity contribution in [3.8, 4) is 16.3 Å². The third kappa shape index (κ3) is 6.04. The SMILES string of the molecule is CCc1cc2c(=O)c(-c3nc(C)cs3)c([C@H](N)CCSC)oc2cc1OC(=O)[C@H](N)CCSC. The van der Waals surface area contributed by atoms with E-state index >= 15 is 0 Å². The number of thioether (sulfide) groups is 2. The molecule has 0 amide bonds. The number of nitrogens with two attached hydrogens (primary N) is 2. The van der Waals surface area contributed by atoms with Gasteiger partial charge in [-0.05, 0) is 61.8 Å². The van der Waals surface area contributed by atoms with E-state index < -0.39 is 18.1 Å². The number of carbonyl (C=O) groups is 1. The van der Waals surface area contributed by atoms with Crippen LogP contribution in [0.5, 0.6) is 5.75 Å². The van der Waals surface area contributed by atoms with E-state index in [2.05, 4.69) is 4.98 Å². The van der Waals surface area contributed by atoms with E-state index in [1.54, 1.807) is 35.7 Å². The first-order valence-electron chi connectivity index (χ1n) is 11.1. The molecular weight excluding hydrogens is 490 g/mol. The molecule has 0 saturated heterocycles. The van der Waals surface area contributed by atoms with Gasteiger partial charge in [-0.15, -0.1) is 11.3 Å². The summed E-state index contributed by atoms with van der Waals surface area (Å²) in [5, 5.41) is 2.90. The van der Waals surface area contributed by atoms with Crippen LogP contribution in [0.3, 0.4) is 0 Å². The summed E-state index contributed by atoms with van der Waals surface area (Å²) in [6, 6.07) is 2.15. The lowest BCUT2D eigenvalue weighted by molar-refractivity contribution is -0.135. The van der Waals surface area contributed by atoms with Gasteiger partial charge in [-0.1, -0.05) is 6.92 Å². The summed E-state index contributed by atoms with van der Waals surface area (Å²) >= 11 is 4.69. The lowest BCUT2D eigenvalue weighted by atomic mass is 10.0. The zero-order valence-corrected chi connectivity index (χ0v) is 22.3. The van der Waals surface area contributed by atoms with Gasteiger partial charge in [-0.3, -0.25) is 4.79 Å². The highest BCUT2D eigenvalue weighted by atomic mass is 32.2. The summed E-state index contributed by atoms with van der Waals surface area (Å²) in [7, 11) is 0. The number of aromatic nitrogens is 1. The Morgan fingerprint density at radius 2 is 1.91 bits per heavy atom. The molecule has 2 aromatic heterocycles. The lowest BCUT2D eigenvalue weighted by Gasteiger charge is -2.17. The van der Waals surface area contributed by atoms with E-state index in [1.807, 2.05) is 31.7 Å². The number of esters is 1. The van der Waals surface area contributed by atoms with Gasteiger partial charge in [0.25, 0.3) is 0 Å². The lowest BCUT2D eigenvalue weighted by Crippen LogP contribution is -2.34. The van der Waals surface area contributed by atoms with Crippen LogP contribution >= 0.6 is 34.9 Å². The number of nitrogens with zero attached hydrogens (tertiary/aromatic N) is 1. The molecule has 3 aromatic rings. The van der Waals surface area contributed by atoms with Crippen molar-refractivity contribution in [2.75, 3.05) is 24.0 Å². The highest BCUT2D eigenvalue weighted by Crippen LogP contribution is 2.34. The van der Waals surface area contributed by atoms with E-state index in [-0.39, 0.29) is 5.43 Å². The molecule has 10 heteroatoms. The molecule has 2 heterocycles. The van der Waals surface area contributed by atoms with Gasteiger partial charge in [-0.25, -0.2) is 9.78 Å². The smallest absolute Gasteiger partial charge is 0.328 e. The Morgan fingerprint density at radius 1 is 1.21 bits per heavy atom. The van der Waals surface area contributed by atoms with E-state index in [1.165, 1.54) is 11.3 Å². The number of aryl methyl sites for hydroxylation is 2. The predicted molar refractivity (Wildman–Crippen MR) is 144 cm³/mol. The second kappa shape index (κ2) is 12.2. The van der Waals surface area contributed by atoms with Crippen molar-refractivity contribution in [2.24, 2.45) is 11.5 Å². The zero-order chi connectivity index (χ0) is 24.8. The molecule has 0 unspecified atom stereocenters. The first-order chi connectivity index (χ1) is 16.3. The number of benzene rings is 1.